The van der Waals surface area contributed by atoms with Gasteiger partial charge in [-0.15, -0.1) is 0 Å². The second kappa shape index (κ2) is 5.95. The van der Waals surface area contributed by atoms with Gasteiger partial charge in [0.25, 0.3) is 0 Å². The third kappa shape index (κ3) is 2.86. The Balaban J connectivity index is 2.06. The smallest absolute Gasteiger partial charge is 0.198 e. The molecule has 0 bridgehead atoms. The predicted octanol–water partition coefficient (Wildman–Crippen LogP) is 3.47. The molecule has 3 rings (SSSR count). The highest BCUT2D eigenvalue weighted by Crippen LogP contribution is 2.42. The average Bonchev–Trinajstić information content (AvgIpc) is 3.20. The van der Waals surface area contributed by atoms with Gasteiger partial charge in [0.1, 0.15) is 0 Å². The molecular weight excluding hydrogens is 326 g/mol. The number of carbonyl (C=O) groups excluding carboxylic acids is 1. The van der Waals surface area contributed by atoms with Crippen molar-refractivity contribution in [3.8, 4) is 0 Å². The zero-order valence-corrected chi connectivity index (χ0v) is 13.4. The van der Waals surface area contributed by atoms with Crippen molar-refractivity contribution in [2.75, 3.05) is 0 Å². The van der Waals surface area contributed by atoms with Gasteiger partial charge in [0.15, 0.2) is 22.6 Å². The number of carbonyl (C=O) groups is 1. The van der Waals surface area contributed by atoms with Gasteiger partial charge in [-0.2, -0.15) is 0 Å². The van der Waals surface area contributed by atoms with Crippen LogP contribution in [0.3, 0.4) is 0 Å². The fourth-order valence-electron chi connectivity index (χ4n) is 2.45. The van der Waals surface area contributed by atoms with Crippen molar-refractivity contribution in [1.29, 1.82) is 0 Å². The minimum absolute atomic E-state index is 0.141. The maximum Gasteiger partial charge on any atom is 0.198 e. The molecule has 1 unspecified atom stereocenters. The summed E-state index contributed by atoms with van der Waals surface area (Å²) in [6.07, 6.45) is 3.39. The number of hydrogen-bond acceptors (Lipinski definition) is 4. The summed E-state index contributed by atoms with van der Waals surface area (Å²) in [4.78, 5) is 12.8. The molecule has 22 heavy (non-hydrogen) atoms. The van der Waals surface area contributed by atoms with Gasteiger partial charge in [-0.3, -0.25) is 4.79 Å². The number of halogens is 1. The summed E-state index contributed by atoms with van der Waals surface area (Å²) in [5.74, 6) is 0.472. The molecule has 7 heteroatoms. The lowest BCUT2D eigenvalue weighted by atomic mass is 9.95. The molecule has 0 amide bonds. The summed E-state index contributed by atoms with van der Waals surface area (Å²) < 4.78 is 25.6. The normalized spacial score (nSPS) is 15.8. The highest BCUT2D eigenvalue weighted by Gasteiger charge is 2.33. The maximum absolute atomic E-state index is 12.8. The molecule has 0 radical (unpaired) electrons. The SMILES string of the molecule is Cc1c(Cl)ccc(C(=O)c2cnoc2C2CC2)c1CS(=O)O. The highest BCUT2D eigenvalue weighted by molar-refractivity contribution is 7.78. The van der Waals surface area contributed by atoms with Crippen LogP contribution in [0.5, 0.6) is 0 Å². The lowest BCUT2D eigenvalue weighted by Gasteiger charge is -2.11. The first-order chi connectivity index (χ1) is 10.5. The monoisotopic (exact) mass is 339 g/mol. The van der Waals surface area contributed by atoms with Crippen LogP contribution < -0.4 is 0 Å². The van der Waals surface area contributed by atoms with Crippen LogP contribution >= 0.6 is 11.6 Å². The Morgan fingerprint density at radius 3 is 2.82 bits per heavy atom. The molecule has 1 aliphatic rings. The minimum Gasteiger partial charge on any atom is -0.360 e. The largest absolute Gasteiger partial charge is 0.360 e. The van der Waals surface area contributed by atoms with Gasteiger partial charge in [0.2, 0.25) is 0 Å². The van der Waals surface area contributed by atoms with Gasteiger partial charge < -0.3 is 9.08 Å². The van der Waals surface area contributed by atoms with Crippen LogP contribution in [-0.2, 0) is 16.8 Å². The Morgan fingerprint density at radius 2 is 2.18 bits per heavy atom. The first-order valence-corrected chi connectivity index (χ1v) is 8.49. The van der Waals surface area contributed by atoms with E-state index in [1.807, 2.05) is 0 Å². The highest BCUT2D eigenvalue weighted by atomic mass is 35.5. The number of benzene rings is 1. The average molecular weight is 340 g/mol. The van der Waals surface area contributed by atoms with Crippen LogP contribution in [0.2, 0.25) is 5.02 Å². The molecule has 1 aromatic heterocycles. The Hall–Kier alpha value is -1.50. The quantitative estimate of drug-likeness (QED) is 0.666. The van der Waals surface area contributed by atoms with E-state index in [0.29, 0.717) is 33.0 Å². The second-order valence-corrected chi connectivity index (χ2v) is 6.71. The van der Waals surface area contributed by atoms with E-state index in [1.165, 1.54) is 6.20 Å². The fourth-order valence-corrected chi connectivity index (χ4v) is 3.25. The van der Waals surface area contributed by atoms with Crippen molar-refractivity contribution in [3.63, 3.8) is 0 Å². The molecule has 1 atom stereocenters. The molecule has 0 spiro atoms. The second-order valence-electron chi connectivity index (χ2n) is 5.37. The molecule has 1 aliphatic carbocycles. The zero-order valence-electron chi connectivity index (χ0n) is 11.8. The molecule has 1 heterocycles. The maximum atomic E-state index is 12.8. The first kappa shape index (κ1) is 15.4. The molecule has 1 fully saturated rings. The van der Waals surface area contributed by atoms with E-state index in [-0.39, 0.29) is 17.5 Å². The third-order valence-corrected chi connectivity index (χ3v) is 4.78. The number of ketones is 1. The summed E-state index contributed by atoms with van der Waals surface area (Å²) in [6.45, 7) is 1.73. The van der Waals surface area contributed by atoms with Gasteiger partial charge in [-0.25, -0.2) is 4.21 Å². The zero-order chi connectivity index (χ0) is 15.9. The number of hydrogen-bond donors (Lipinski definition) is 1. The lowest BCUT2D eigenvalue weighted by molar-refractivity contribution is 0.103. The molecule has 116 valence electrons. The van der Waals surface area contributed by atoms with Crippen LogP contribution in [0, 0.1) is 6.92 Å². The Kier molecular flexibility index (Phi) is 4.16. The molecule has 0 aliphatic heterocycles. The van der Waals surface area contributed by atoms with E-state index in [2.05, 4.69) is 5.16 Å². The Morgan fingerprint density at radius 1 is 1.45 bits per heavy atom. The molecular formula is C15H14ClNO4S. The molecule has 1 N–H and O–H groups in total. The van der Waals surface area contributed by atoms with Crippen LogP contribution in [-0.4, -0.2) is 19.7 Å². The van der Waals surface area contributed by atoms with E-state index in [1.54, 1.807) is 19.1 Å². The Bertz CT molecular complexity index is 767. The van der Waals surface area contributed by atoms with Crippen molar-refractivity contribution in [3.05, 3.63) is 51.4 Å². The van der Waals surface area contributed by atoms with Crippen LogP contribution in [0.15, 0.2) is 22.9 Å². The van der Waals surface area contributed by atoms with Gasteiger partial charge in [0.05, 0.1) is 17.5 Å². The van der Waals surface area contributed by atoms with Gasteiger partial charge in [-0.05, 0) is 43.0 Å². The van der Waals surface area contributed by atoms with Crippen molar-refractivity contribution in [2.45, 2.75) is 31.4 Å². The minimum atomic E-state index is -2.06. The summed E-state index contributed by atoms with van der Waals surface area (Å²) >= 11 is 4.01. The third-order valence-electron chi connectivity index (χ3n) is 3.84. The van der Waals surface area contributed by atoms with E-state index in [0.717, 1.165) is 12.8 Å². The van der Waals surface area contributed by atoms with Gasteiger partial charge >= 0.3 is 0 Å². The first-order valence-electron chi connectivity index (χ1n) is 6.83. The fraction of sp³-hybridized carbons (Fsp3) is 0.333. The van der Waals surface area contributed by atoms with Crippen molar-refractivity contribution < 1.29 is 18.1 Å². The molecule has 2 aromatic rings. The molecule has 1 aromatic carbocycles. The van der Waals surface area contributed by atoms with Crippen molar-refractivity contribution in [2.24, 2.45) is 0 Å². The summed E-state index contributed by atoms with van der Waals surface area (Å²) in [5.41, 5.74) is 1.92. The van der Waals surface area contributed by atoms with Crippen LogP contribution in [0.1, 0.15) is 51.6 Å². The summed E-state index contributed by atoms with van der Waals surface area (Å²) in [5, 5.41) is 4.19. The molecule has 1 saturated carbocycles. The van der Waals surface area contributed by atoms with E-state index in [9.17, 15) is 13.6 Å². The number of nitrogens with zero attached hydrogens (tertiary/aromatic N) is 1. The van der Waals surface area contributed by atoms with E-state index < -0.39 is 11.1 Å². The number of rotatable bonds is 5. The standard InChI is InChI=1S/C15H14ClNO4S/c1-8-12(7-22(19)20)10(4-5-13(8)16)14(18)11-6-17-21-15(11)9-2-3-9/h4-6,9H,2-3,7H2,1H3,(H,19,20). The number of aromatic nitrogens is 1. The van der Waals surface area contributed by atoms with Crippen LogP contribution in [0.4, 0.5) is 0 Å². The molecule has 0 saturated heterocycles. The molecule has 5 nitrogen and oxygen atoms in total. The van der Waals surface area contributed by atoms with Crippen LogP contribution in [0.25, 0.3) is 0 Å². The van der Waals surface area contributed by atoms with E-state index >= 15 is 0 Å². The van der Waals surface area contributed by atoms with E-state index in [4.69, 9.17) is 16.1 Å². The predicted molar refractivity (Wildman–Crippen MR) is 82.6 cm³/mol. The summed E-state index contributed by atoms with van der Waals surface area (Å²) in [6, 6.07) is 3.21. The lowest BCUT2D eigenvalue weighted by Crippen LogP contribution is -2.10. The topological polar surface area (TPSA) is 80.4 Å². The summed E-state index contributed by atoms with van der Waals surface area (Å²) in [7, 11) is 0. The van der Waals surface area contributed by atoms with Crippen molar-refractivity contribution in [1.82, 2.24) is 5.16 Å². The van der Waals surface area contributed by atoms with Gasteiger partial charge in [0, 0.05) is 16.5 Å². The Labute approximate surface area is 134 Å². The van der Waals surface area contributed by atoms with Crippen molar-refractivity contribution >= 4 is 28.5 Å². The van der Waals surface area contributed by atoms with Gasteiger partial charge in [-0.1, -0.05) is 16.8 Å².